The van der Waals surface area contributed by atoms with E-state index in [0.29, 0.717) is 23.3 Å². The van der Waals surface area contributed by atoms with E-state index in [-0.39, 0.29) is 17.9 Å². The minimum absolute atomic E-state index is 0.0885. The summed E-state index contributed by atoms with van der Waals surface area (Å²) in [6.07, 6.45) is 1.42. The molecule has 0 saturated carbocycles. The van der Waals surface area contributed by atoms with Gasteiger partial charge in [-0.2, -0.15) is 4.31 Å². The zero-order chi connectivity index (χ0) is 17.9. The lowest BCUT2D eigenvalue weighted by atomic mass is 10.2. The molecule has 0 aliphatic carbocycles. The van der Waals surface area contributed by atoms with E-state index in [1.54, 1.807) is 11.4 Å². The van der Waals surface area contributed by atoms with Gasteiger partial charge in [0.1, 0.15) is 4.83 Å². The summed E-state index contributed by atoms with van der Waals surface area (Å²) >= 11 is 1.39. The van der Waals surface area contributed by atoms with Gasteiger partial charge in [-0.3, -0.25) is 9.36 Å². The molecule has 132 valence electrons. The molecule has 0 radical (unpaired) electrons. The average molecular weight is 377 g/mol. The second kappa shape index (κ2) is 7.47. The number of aryl methyl sites for hydroxylation is 1. The lowest BCUT2D eigenvalue weighted by molar-refractivity contribution is 0.421. The Morgan fingerprint density at radius 3 is 2.68 bits per heavy atom. The van der Waals surface area contributed by atoms with Gasteiger partial charge in [0.25, 0.3) is 5.56 Å². The van der Waals surface area contributed by atoms with Crippen LogP contribution in [0.2, 0.25) is 0 Å². The molecule has 0 aliphatic heterocycles. The summed E-state index contributed by atoms with van der Waals surface area (Å²) in [5.41, 5.74) is 0.735. The molecule has 3 aromatic rings. The van der Waals surface area contributed by atoms with Crippen LogP contribution in [0.1, 0.15) is 12.5 Å². The zero-order valence-electron chi connectivity index (χ0n) is 13.8. The number of thiophene rings is 1. The zero-order valence-corrected chi connectivity index (χ0v) is 15.5. The Hall–Kier alpha value is -2.03. The molecule has 25 heavy (non-hydrogen) atoms. The largest absolute Gasteiger partial charge is 0.298 e. The second-order valence-corrected chi connectivity index (χ2v) is 8.59. The Balaban J connectivity index is 1.75. The van der Waals surface area contributed by atoms with Crippen LogP contribution < -0.4 is 5.56 Å². The predicted molar refractivity (Wildman–Crippen MR) is 100 cm³/mol. The van der Waals surface area contributed by atoms with Crippen molar-refractivity contribution >= 4 is 31.6 Å². The van der Waals surface area contributed by atoms with Crippen molar-refractivity contribution in [3.63, 3.8) is 0 Å². The fourth-order valence-corrected chi connectivity index (χ4v) is 4.74. The first kappa shape index (κ1) is 17.8. The van der Waals surface area contributed by atoms with Crippen LogP contribution >= 0.6 is 11.3 Å². The Morgan fingerprint density at radius 2 is 1.96 bits per heavy atom. The maximum Gasteiger partial charge on any atom is 0.262 e. The molecule has 0 N–H and O–H groups in total. The molecule has 3 rings (SSSR count). The van der Waals surface area contributed by atoms with Crippen molar-refractivity contribution in [2.75, 3.05) is 12.3 Å². The van der Waals surface area contributed by atoms with Crippen LogP contribution in [0, 0.1) is 0 Å². The molecule has 0 saturated heterocycles. The summed E-state index contributed by atoms with van der Waals surface area (Å²) in [7, 11) is -3.48. The highest BCUT2D eigenvalue weighted by Crippen LogP contribution is 2.14. The highest BCUT2D eigenvalue weighted by atomic mass is 32.2. The van der Waals surface area contributed by atoms with Gasteiger partial charge in [-0.15, -0.1) is 11.3 Å². The quantitative estimate of drug-likeness (QED) is 0.633. The Labute approximate surface area is 150 Å². The van der Waals surface area contributed by atoms with E-state index in [9.17, 15) is 13.2 Å². The van der Waals surface area contributed by atoms with Gasteiger partial charge in [-0.1, -0.05) is 37.3 Å². The summed E-state index contributed by atoms with van der Waals surface area (Å²) in [6.45, 7) is 2.61. The number of benzene rings is 1. The van der Waals surface area contributed by atoms with Crippen LogP contribution in [0.25, 0.3) is 10.2 Å². The summed E-state index contributed by atoms with van der Waals surface area (Å²) in [4.78, 5) is 17.2. The third kappa shape index (κ3) is 3.97. The van der Waals surface area contributed by atoms with E-state index in [4.69, 9.17) is 0 Å². The smallest absolute Gasteiger partial charge is 0.262 e. The summed E-state index contributed by atoms with van der Waals surface area (Å²) in [5.74, 6) is -0.134. The number of nitrogens with zero attached hydrogens (tertiary/aromatic N) is 3. The number of sulfonamides is 1. The fraction of sp³-hybridized carbons (Fsp3) is 0.294. The van der Waals surface area contributed by atoms with Crippen molar-refractivity contribution < 1.29 is 8.42 Å². The maximum absolute atomic E-state index is 12.7. The molecule has 0 aliphatic rings. The maximum atomic E-state index is 12.7. The van der Waals surface area contributed by atoms with E-state index in [1.807, 2.05) is 37.3 Å². The van der Waals surface area contributed by atoms with E-state index in [1.165, 1.54) is 26.5 Å². The molecule has 1 aromatic carbocycles. The average Bonchev–Trinajstić information content (AvgIpc) is 3.09. The molecule has 0 spiro atoms. The molecule has 0 bridgehead atoms. The lowest BCUT2D eigenvalue weighted by Gasteiger charge is -2.20. The van der Waals surface area contributed by atoms with Crippen molar-refractivity contribution in [1.29, 1.82) is 0 Å². The van der Waals surface area contributed by atoms with E-state index in [2.05, 4.69) is 4.98 Å². The molecule has 0 fully saturated rings. The first-order valence-electron chi connectivity index (χ1n) is 7.95. The number of hydrogen-bond donors (Lipinski definition) is 0. The van der Waals surface area contributed by atoms with Gasteiger partial charge in [0.05, 0.1) is 17.5 Å². The van der Waals surface area contributed by atoms with Gasteiger partial charge in [-0.25, -0.2) is 13.4 Å². The highest BCUT2D eigenvalue weighted by Gasteiger charge is 2.21. The third-order valence-corrected chi connectivity index (χ3v) is 6.68. The Morgan fingerprint density at radius 1 is 1.20 bits per heavy atom. The third-order valence-electron chi connectivity index (χ3n) is 3.99. The van der Waals surface area contributed by atoms with Crippen LogP contribution in [0.5, 0.6) is 0 Å². The molecule has 8 heteroatoms. The lowest BCUT2D eigenvalue weighted by Crippen LogP contribution is -2.35. The first-order chi connectivity index (χ1) is 12.0. The number of rotatable bonds is 7. The van der Waals surface area contributed by atoms with E-state index < -0.39 is 10.0 Å². The van der Waals surface area contributed by atoms with Gasteiger partial charge in [0.15, 0.2) is 0 Å². The van der Waals surface area contributed by atoms with Gasteiger partial charge < -0.3 is 0 Å². The van der Waals surface area contributed by atoms with Crippen molar-refractivity contribution in [3.8, 4) is 0 Å². The van der Waals surface area contributed by atoms with Crippen LogP contribution in [-0.4, -0.2) is 34.6 Å². The minimum atomic E-state index is -3.48. The van der Waals surface area contributed by atoms with Gasteiger partial charge >= 0.3 is 0 Å². The first-order valence-corrected chi connectivity index (χ1v) is 10.4. The number of hydrogen-bond acceptors (Lipinski definition) is 5. The van der Waals surface area contributed by atoms with Crippen LogP contribution in [0.15, 0.2) is 52.9 Å². The fourth-order valence-electron chi connectivity index (χ4n) is 2.59. The second-order valence-electron chi connectivity index (χ2n) is 5.61. The number of aromatic nitrogens is 2. The van der Waals surface area contributed by atoms with Crippen molar-refractivity contribution in [2.24, 2.45) is 0 Å². The highest BCUT2D eigenvalue weighted by molar-refractivity contribution is 7.89. The molecule has 2 aromatic heterocycles. The standard InChI is InChI=1S/C17H19N3O3S2/c1-2-20(12-14-6-4-3-5-7-14)25(22,23)11-9-19-13-18-16-15(17(19)21)8-10-24-16/h3-8,10,13H,2,9,11-12H2,1H3. The molecule has 0 atom stereocenters. The normalized spacial score (nSPS) is 12.1. The topological polar surface area (TPSA) is 72.3 Å². The van der Waals surface area contributed by atoms with Gasteiger partial charge in [-0.05, 0) is 17.0 Å². The molecular weight excluding hydrogens is 358 g/mol. The summed E-state index contributed by atoms with van der Waals surface area (Å²) in [5, 5.41) is 2.33. The SMILES string of the molecule is CCN(Cc1ccccc1)S(=O)(=O)CCn1cnc2sccc2c1=O. The Bertz CT molecular complexity index is 1010. The van der Waals surface area contributed by atoms with Crippen LogP contribution in [-0.2, 0) is 23.1 Å². The van der Waals surface area contributed by atoms with Crippen molar-refractivity contribution in [3.05, 3.63) is 64.0 Å². The van der Waals surface area contributed by atoms with Gasteiger partial charge in [0, 0.05) is 19.6 Å². The van der Waals surface area contributed by atoms with E-state index in [0.717, 1.165) is 5.56 Å². The molecule has 2 heterocycles. The van der Waals surface area contributed by atoms with Gasteiger partial charge in [0.2, 0.25) is 10.0 Å². The van der Waals surface area contributed by atoms with Crippen molar-refractivity contribution in [2.45, 2.75) is 20.0 Å². The molecule has 6 nitrogen and oxygen atoms in total. The van der Waals surface area contributed by atoms with Crippen LogP contribution in [0.4, 0.5) is 0 Å². The van der Waals surface area contributed by atoms with Crippen molar-refractivity contribution in [1.82, 2.24) is 13.9 Å². The Kier molecular flexibility index (Phi) is 5.31. The minimum Gasteiger partial charge on any atom is -0.298 e. The predicted octanol–water partition coefficient (Wildman–Crippen LogP) is 2.31. The van der Waals surface area contributed by atoms with Crippen LogP contribution in [0.3, 0.4) is 0 Å². The summed E-state index contributed by atoms with van der Waals surface area (Å²) < 4.78 is 28.1. The molecule has 0 unspecified atom stereocenters. The molecular formula is C17H19N3O3S2. The monoisotopic (exact) mass is 377 g/mol. The molecule has 0 amide bonds. The number of fused-ring (bicyclic) bond motifs is 1. The van der Waals surface area contributed by atoms with E-state index >= 15 is 0 Å². The summed E-state index contributed by atoms with van der Waals surface area (Å²) in [6, 6.07) is 11.2.